The van der Waals surface area contributed by atoms with Gasteiger partial charge < -0.3 is 5.32 Å². The second kappa shape index (κ2) is 5.68. The predicted molar refractivity (Wildman–Crippen MR) is 83.1 cm³/mol. The first-order valence-corrected chi connectivity index (χ1v) is 7.62. The van der Waals surface area contributed by atoms with Crippen molar-refractivity contribution in [2.45, 2.75) is 25.3 Å². The monoisotopic (exact) mass is 308 g/mol. The van der Waals surface area contributed by atoms with Gasteiger partial charge in [0.1, 0.15) is 0 Å². The molecule has 0 bridgehead atoms. The number of aryl methyl sites for hydroxylation is 1. The summed E-state index contributed by atoms with van der Waals surface area (Å²) in [6.45, 7) is 0. The van der Waals surface area contributed by atoms with Gasteiger partial charge in [-0.3, -0.25) is 9.89 Å². The molecule has 0 spiro atoms. The van der Waals surface area contributed by atoms with Gasteiger partial charge in [-0.2, -0.15) is 5.10 Å². The van der Waals surface area contributed by atoms with E-state index in [0.717, 1.165) is 30.6 Å². The summed E-state index contributed by atoms with van der Waals surface area (Å²) in [6.07, 6.45) is 6.41. The number of carbonyl (C=O) groups is 1. The summed E-state index contributed by atoms with van der Waals surface area (Å²) in [5.41, 5.74) is 3.35. The lowest BCUT2D eigenvalue weighted by Gasteiger charge is -2.22. The number of H-pyrrole nitrogens is 1. The Balaban J connectivity index is 1.52. The van der Waals surface area contributed by atoms with E-state index in [1.165, 1.54) is 5.56 Å². The van der Waals surface area contributed by atoms with Gasteiger partial charge in [0.2, 0.25) is 0 Å². The van der Waals surface area contributed by atoms with E-state index in [-0.39, 0.29) is 11.9 Å². The fraction of sp³-hybridized carbons (Fsp3) is 0.250. The number of aromatic nitrogens is 5. The lowest BCUT2D eigenvalue weighted by Crippen LogP contribution is -2.31. The van der Waals surface area contributed by atoms with Crippen LogP contribution >= 0.6 is 0 Å². The Morgan fingerprint density at radius 3 is 3.04 bits per heavy atom. The number of rotatable bonds is 3. The van der Waals surface area contributed by atoms with Crippen molar-refractivity contribution in [3.05, 3.63) is 59.7 Å². The van der Waals surface area contributed by atoms with Crippen LogP contribution in [-0.2, 0) is 6.42 Å². The Kier molecular flexibility index (Phi) is 3.38. The third-order valence-corrected chi connectivity index (χ3v) is 4.09. The molecule has 3 aromatic rings. The van der Waals surface area contributed by atoms with Crippen molar-refractivity contribution in [3.63, 3.8) is 0 Å². The SMILES string of the molecule is O=C(N[C@@H]1CCCc2cn[nH]c21)c1cn(-c2ccccc2)nn1. The van der Waals surface area contributed by atoms with Crippen LogP contribution in [0.25, 0.3) is 5.69 Å². The summed E-state index contributed by atoms with van der Waals surface area (Å²) < 4.78 is 1.59. The molecule has 0 saturated heterocycles. The lowest BCUT2D eigenvalue weighted by atomic mass is 9.93. The number of fused-ring (bicyclic) bond motifs is 1. The van der Waals surface area contributed by atoms with Crippen LogP contribution < -0.4 is 5.32 Å². The third-order valence-electron chi connectivity index (χ3n) is 4.09. The minimum Gasteiger partial charge on any atom is -0.342 e. The summed E-state index contributed by atoms with van der Waals surface area (Å²) in [5.74, 6) is -0.223. The zero-order valence-corrected chi connectivity index (χ0v) is 12.4. The summed E-state index contributed by atoms with van der Waals surface area (Å²) in [6, 6.07) is 9.54. The average molecular weight is 308 g/mol. The van der Waals surface area contributed by atoms with Gasteiger partial charge in [0.15, 0.2) is 5.69 Å². The number of hydrogen-bond donors (Lipinski definition) is 2. The summed E-state index contributed by atoms with van der Waals surface area (Å²) in [4.78, 5) is 12.4. The molecule has 0 aliphatic heterocycles. The van der Waals surface area contributed by atoms with E-state index in [1.807, 2.05) is 36.5 Å². The fourth-order valence-electron chi connectivity index (χ4n) is 2.91. The molecular weight excluding hydrogens is 292 g/mol. The van der Waals surface area contributed by atoms with E-state index in [4.69, 9.17) is 0 Å². The number of aromatic amines is 1. The first-order valence-electron chi connectivity index (χ1n) is 7.62. The molecule has 0 unspecified atom stereocenters. The molecule has 1 atom stereocenters. The predicted octanol–water partition coefficient (Wildman–Crippen LogP) is 1.80. The molecule has 0 radical (unpaired) electrons. The number of amides is 1. The number of benzene rings is 1. The van der Waals surface area contributed by atoms with E-state index in [9.17, 15) is 4.79 Å². The first kappa shape index (κ1) is 13.7. The van der Waals surface area contributed by atoms with E-state index in [2.05, 4.69) is 25.8 Å². The van der Waals surface area contributed by atoms with Gasteiger partial charge in [0.25, 0.3) is 5.91 Å². The molecule has 1 amide bonds. The van der Waals surface area contributed by atoms with Crippen molar-refractivity contribution in [3.8, 4) is 5.69 Å². The zero-order valence-electron chi connectivity index (χ0n) is 12.4. The molecule has 2 heterocycles. The van der Waals surface area contributed by atoms with Crippen LogP contribution in [0.1, 0.15) is 40.6 Å². The molecule has 2 aromatic heterocycles. The van der Waals surface area contributed by atoms with Crippen molar-refractivity contribution in [1.29, 1.82) is 0 Å². The number of nitrogens with one attached hydrogen (secondary N) is 2. The summed E-state index contributed by atoms with van der Waals surface area (Å²) in [7, 11) is 0. The Morgan fingerprint density at radius 2 is 2.17 bits per heavy atom. The molecule has 1 aliphatic rings. The molecular formula is C16H16N6O. The van der Waals surface area contributed by atoms with E-state index < -0.39 is 0 Å². The summed E-state index contributed by atoms with van der Waals surface area (Å²) >= 11 is 0. The van der Waals surface area contributed by atoms with Gasteiger partial charge in [-0.05, 0) is 37.0 Å². The maximum atomic E-state index is 12.4. The highest BCUT2D eigenvalue weighted by molar-refractivity contribution is 5.92. The number of hydrogen-bond acceptors (Lipinski definition) is 4. The van der Waals surface area contributed by atoms with Gasteiger partial charge in [0, 0.05) is 0 Å². The minimum absolute atomic E-state index is 0.0457. The molecule has 23 heavy (non-hydrogen) atoms. The number of carbonyl (C=O) groups excluding carboxylic acids is 1. The average Bonchev–Trinajstić information content (AvgIpc) is 3.25. The van der Waals surface area contributed by atoms with Crippen LogP contribution in [0.4, 0.5) is 0 Å². The van der Waals surface area contributed by atoms with Gasteiger partial charge >= 0.3 is 0 Å². The normalized spacial score (nSPS) is 16.8. The number of para-hydroxylation sites is 1. The van der Waals surface area contributed by atoms with Gasteiger partial charge in [-0.25, -0.2) is 4.68 Å². The molecule has 1 aliphatic carbocycles. The maximum absolute atomic E-state index is 12.4. The molecule has 7 nitrogen and oxygen atoms in total. The summed E-state index contributed by atoms with van der Waals surface area (Å²) in [5, 5.41) is 18.1. The van der Waals surface area contributed by atoms with Crippen LogP contribution in [0.15, 0.2) is 42.7 Å². The van der Waals surface area contributed by atoms with Crippen LogP contribution in [0.5, 0.6) is 0 Å². The molecule has 1 aromatic carbocycles. The van der Waals surface area contributed by atoms with Gasteiger partial charge in [0.05, 0.1) is 29.8 Å². The Morgan fingerprint density at radius 1 is 1.30 bits per heavy atom. The first-order chi connectivity index (χ1) is 11.3. The molecule has 116 valence electrons. The van der Waals surface area contributed by atoms with Crippen LogP contribution in [0.3, 0.4) is 0 Å². The molecule has 0 fully saturated rings. The maximum Gasteiger partial charge on any atom is 0.274 e. The largest absolute Gasteiger partial charge is 0.342 e. The Hall–Kier alpha value is -2.96. The Bertz CT molecular complexity index is 822. The van der Waals surface area contributed by atoms with Gasteiger partial charge in [-0.15, -0.1) is 5.10 Å². The highest BCUT2D eigenvalue weighted by Gasteiger charge is 2.24. The van der Waals surface area contributed by atoms with Crippen LogP contribution in [-0.4, -0.2) is 31.1 Å². The number of nitrogens with zero attached hydrogens (tertiary/aromatic N) is 4. The highest BCUT2D eigenvalue weighted by atomic mass is 16.2. The van der Waals surface area contributed by atoms with Crippen LogP contribution in [0, 0.1) is 0 Å². The van der Waals surface area contributed by atoms with E-state index >= 15 is 0 Å². The topological polar surface area (TPSA) is 88.5 Å². The van der Waals surface area contributed by atoms with Crippen molar-refractivity contribution in [2.24, 2.45) is 0 Å². The standard InChI is InChI=1S/C16H16N6O/c23-16(18-13-8-4-5-11-9-17-20-15(11)13)14-10-22(21-19-14)12-6-2-1-3-7-12/h1-3,6-7,9-10,13H,4-5,8H2,(H,17,20)(H,18,23)/t13-/m1/s1. The quantitative estimate of drug-likeness (QED) is 0.772. The fourth-order valence-corrected chi connectivity index (χ4v) is 2.91. The van der Waals surface area contributed by atoms with Crippen molar-refractivity contribution < 1.29 is 4.79 Å². The third kappa shape index (κ3) is 2.61. The van der Waals surface area contributed by atoms with E-state index in [1.54, 1.807) is 10.9 Å². The van der Waals surface area contributed by atoms with Crippen molar-refractivity contribution >= 4 is 5.91 Å². The molecule has 0 saturated carbocycles. The minimum atomic E-state index is -0.223. The second-order valence-electron chi connectivity index (χ2n) is 5.61. The smallest absolute Gasteiger partial charge is 0.274 e. The van der Waals surface area contributed by atoms with Crippen LogP contribution in [0.2, 0.25) is 0 Å². The van der Waals surface area contributed by atoms with Crippen molar-refractivity contribution in [1.82, 2.24) is 30.5 Å². The van der Waals surface area contributed by atoms with Crippen molar-refractivity contribution in [2.75, 3.05) is 0 Å². The second-order valence-corrected chi connectivity index (χ2v) is 5.61. The Labute approximate surface area is 132 Å². The van der Waals surface area contributed by atoms with E-state index in [0.29, 0.717) is 5.69 Å². The molecule has 7 heteroatoms. The molecule has 2 N–H and O–H groups in total. The van der Waals surface area contributed by atoms with Gasteiger partial charge in [-0.1, -0.05) is 23.4 Å². The zero-order chi connectivity index (χ0) is 15.6. The molecule has 4 rings (SSSR count). The highest BCUT2D eigenvalue weighted by Crippen LogP contribution is 2.27. The lowest BCUT2D eigenvalue weighted by molar-refractivity contribution is 0.0926.